The van der Waals surface area contributed by atoms with Crippen LogP contribution in [0.5, 0.6) is 0 Å². The molecule has 3 rings (SSSR count). The summed E-state index contributed by atoms with van der Waals surface area (Å²) in [5.74, 6) is 0. The number of rotatable bonds is 10. The lowest BCUT2D eigenvalue weighted by atomic mass is 9.86. The molecule has 35 heavy (non-hydrogen) atoms. The van der Waals surface area contributed by atoms with Crippen LogP contribution in [0.1, 0.15) is 44.7 Å². The summed E-state index contributed by atoms with van der Waals surface area (Å²) in [5, 5.41) is 9.63. The first-order valence-electron chi connectivity index (χ1n) is 12.7. The van der Waals surface area contributed by atoms with Crippen molar-refractivity contribution in [2.75, 3.05) is 38.5 Å². The number of hydrogen-bond donors (Lipinski definition) is 2. The average molecular weight is 472 g/mol. The molecule has 0 unspecified atom stereocenters. The van der Waals surface area contributed by atoms with Gasteiger partial charge < -0.3 is 15.7 Å². The van der Waals surface area contributed by atoms with Crippen LogP contribution in [0, 0.1) is 0 Å². The van der Waals surface area contributed by atoms with Crippen LogP contribution >= 0.6 is 0 Å². The molecule has 1 saturated heterocycles. The third-order valence-corrected chi connectivity index (χ3v) is 6.71. The average Bonchev–Trinajstić information content (AvgIpc) is 2.89. The van der Waals surface area contributed by atoms with E-state index in [9.17, 15) is 5.11 Å². The first kappa shape index (κ1) is 26.5. The molecule has 2 aromatic rings. The number of allylic oxidation sites excluding steroid dienone is 6. The highest BCUT2D eigenvalue weighted by molar-refractivity contribution is 5.99. The molecule has 1 fully saturated rings. The Morgan fingerprint density at radius 2 is 1.63 bits per heavy atom. The van der Waals surface area contributed by atoms with Crippen LogP contribution in [0.3, 0.4) is 0 Å². The molecule has 2 aromatic carbocycles. The van der Waals surface area contributed by atoms with Gasteiger partial charge in [-0.3, -0.25) is 4.90 Å². The minimum atomic E-state index is 0.158. The Hall–Kier alpha value is -3.08. The maximum absolute atomic E-state index is 9.63. The van der Waals surface area contributed by atoms with E-state index < -0.39 is 0 Å². The summed E-state index contributed by atoms with van der Waals surface area (Å²) in [7, 11) is 0. The van der Waals surface area contributed by atoms with Crippen LogP contribution in [0.2, 0.25) is 0 Å². The van der Waals surface area contributed by atoms with Crippen LogP contribution < -0.4 is 5.73 Å². The Labute approximate surface area is 211 Å². The summed E-state index contributed by atoms with van der Waals surface area (Å²) >= 11 is 0. The number of benzene rings is 2. The van der Waals surface area contributed by atoms with Gasteiger partial charge in [-0.15, -0.1) is 0 Å². The SMILES string of the molecule is C=C(\C=C/C(=C\C)C(=C(/CCCO)c1ccccc1)/c1ccc(N)cc1)N1CCN(C(C)C)CC1. The van der Waals surface area contributed by atoms with E-state index in [0.29, 0.717) is 12.5 Å². The molecule has 0 spiro atoms. The molecule has 3 N–H and O–H groups in total. The summed E-state index contributed by atoms with van der Waals surface area (Å²) < 4.78 is 0. The molecule has 4 heteroatoms. The van der Waals surface area contributed by atoms with Gasteiger partial charge in [0, 0.05) is 50.2 Å². The Morgan fingerprint density at radius 1 is 0.971 bits per heavy atom. The molecule has 0 bridgehead atoms. The summed E-state index contributed by atoms with van der Waals surface area (Å²) in [6.07, 6.45) is 7.98. The number of aliphatic hydroxyl groups excluding tert-OH is 1. The molecule has 0 atom stereocenters. The van der Waals surface area contributed by atoms with E-state index in [0.717, 1.165) is 55.1 Å². The van der Waals surface area contributed by atoms with Crippen LogP contribution in [-0.4, -0.2) is 53.7 Å². The lowest BCUT2D eigenvalue weighted by Crippen LogP contribution is -2.47. The van der Waals surface area contributed by atoms with Gasteiger partial charge in [-0.05, 0) is 79.7 Å². The fraction of sp³-hybridized carbons (Fsp3) is 0.355. The highest BCUT2D eigenvalue weighted by Crippen LogP contribution is 2.36. The molecule has 0 aliphatic carbocycles. The fourth-order valence-corrected chi connectivity index (χ4v) is 4.61. The first-order valence-corrected chi connectivity index (χ1v) is 12.7. The van der Waals surface area contributed by atoms with E-state index in [-0.39, 0.29) is 6.61 Å². The number of piperazine rings is 1. The third-order valence-electron chi connectivity index (χ3n) is 6.71. The van der Waals surface area contributed by atoms with E-state index in [4.69, 9.17) is 5.73 Å². The van der Waals surface area contributed by atoms with Crippen molar-refractivity contribution in [2.24, 2.45) is 0 Å². The van der Waals surface area contributed by atoms with E-state index in [1.807, 2.05) is 18.2 Å². The maximum Gasteiger partial charge on any atom is 0.0434 e. The van der Waals surface area contributed by atoms with E-state index >= 15 is 0 Å². The summed E-state index contributed by atoms with van der Waals surface area (Å²) in [5.41, 5.74) is 13.6. The van der Waals surface area contributed by atoms with Crippen molar-refractivity contribution in [3.63, 3.8) is 0 Å². The number of nitrogens with zero attached hydrogens (tertiary/aromatic N) is 2. The minimum absolute atomic E-state index is 0.158. The molecule has 4 nitrogen and oxygen atoms in total. The van der Waals surface area contributed by atoms with Crippen molar-refractivity contribution < 1.29 is 5.11 Å². The predicted octanol–water partition coefficient (Wildman–Crippen LogP) is 5.99. The van der Waals surface area contributed by atoms with Crippen LogP contribution in [-0.2, 0) is 0 Å². The van der Waals surface area contributed by atoms with Crippen molar-refractivity contribution in [1.82, 2.24) is 9.80 Å². The van der Waals surface area contributed by atoms with Gasteiger partial charge in [0.05, 0.1) is 0 Å². The minimum Gasteiger partial charge on any atom is -0.399 e. The number of aliphatic hydroxyl groups is 1. The van der Waals surface area contributed by atoms with Gasteiger partial charge in [-0.25, -0.2) is 0 Å². The normalized spacial score (nSPS) is 16.1. The standard InChI is InChI=1S/C31H41N3O/c1-5-26(14-13-25(4)34-21-19-33(20-22-34)24(2)3)31(28-15-17-29(32)18-16-28)30(12-9-23-35)27-10-7-6-8-11-27/h5-8,10-11,13-18,24,35H,4,9,12,19-23,32H2,1-3H3/b14-13-,26-5+,31-30+. The van der Waals surface area contributed by atoms with Gasteiger partial charge in [-0.2, -0.15) is 0 Å². The smallest absolute Gasteiger partial charge is 0.0434 e. The largest absolute Gasteiger partial charge is 0.399 e. The zero-order chi connectivity index (χ0) is 25.2. The van der Waals surface area contributed by atoms with Gasteiger partial charge in [0.25, 0.3) is 0 Å². The second kappa shape index (κ2) is 13.1. The zero-order valence-electron chi connectivity index (χ0n) is 21.6. The van der Waals surface area contributed by atoms with Gasteiger partial charge >= 0.3 is 0 Å². The molecule has 0 radical (unpaired) electrons. The molecule has 1 aliphatic heterocycles. The fourth-order valence-electron chi connectivity index (χ4n) is 4.61. The Kier molecular flexibility index (Phi) is 9.95. The monoisotopic (exact) mass is 471 g/mol. The molecule has 0 saturated carbocycles. The number of nitrogen functional groups attached to an aromatic ring is 1. The molecular weight excluding hydrogens is 430 g/mol. The van der Waals surface area contributed by atoms with Crippen LogP contribution in [0.25, 0.3) is 11.1 Å². The number of nitrogens with two attached hydrogens (primary N) is 1. The van der Waals surface area contributed by atoms with E-state index in [2.05, 4.69) is 91.8 Å². The molecule has 1 aliphatic rings. The summed E-state index contributed by atoms with van der Waals surface area (Å²) in [6.45, 7) is 15.3. The molecule has 1 heterocycles. The van der Waals surface area contributed by atoms with E-state index in [1.54, 1.807) is 0 Å². The van der Waals surface area contributed by atoms with E-state index in [1.165, 1.54) is 16.7 Å². The molecule has 0 aromatic heterocycles. The second-order valence-corrected chi connectivity index (χ2v) is 9.35. The van der Waals surface area contributed by atoms with Crippen molar-refractivity contribution >= 4 is 16.8 Å². The highest BCUT2D eigenvalue weighted by Gasteiger charge is 2.19. The Morgan fingerprint density at radius 3 is 2.20 bits per heavy atom. The Bertz CT molecular complexity index is 1040. The lowest BCUT2D eigenvalue weighted by molar-refractivity contribution is 0.133. The third kappa shape index (κ3) is 7.20. The van der Waals surface area contributed by atoms with Gasteiger partial charge in [-0.1, -0.05) is 61.2 Å². The molecule has 186 valence electrons. The molecule has 0 amide bonds. The number of anilines is 1. The first-order chi connectivity index (χ1) is 16.9. The van der Waals surface area contributed by atoms with Crippen molar-refractivity contribution in [3.05, 3.63) is 102 Å². The van der Waals surface area contributed by atoms with Crippen molar-refractivity contribution in [1.29, 1.82) is 0 Å². The van der Waals surface area contributed by atoms with Crippen LogP contribution in [0.15, 0.2) is 90.7 Å². The second-order valence-electron chi connectivity index (χ2n) is 9.35. The summed E-state index contributed by atoms with van der Waals surface area (Å²) in [6, 6.07) is 19.1. The molecular formula is C31H41N3O. The van der Waals surface area contributed by atoms with Crippen molar-refractivity contribution in [2.45, 2.75) is 39.7 Å². The van der Waals surface area contributed by atoms with Gasteiger partial charge in [0.1, 0.15) is 0 Å². The topological polar surface area (TPSA) is 52.7 Å². The zero-order valence-corrected chi connectivity index (χ0v) is 21.6. The quantitative estimate of drug-likeness (QED) is 0.254. The highest BCUT2D eigenvalue weighted by atomic mass is 16.2. The van der Waals surface area contributed by atoms with Gasteiger partial charge in [0.2, 0.25) is 0 Å². The van der Waals surface area contributed by atoms with Crippen LogP contribution in [0.4, 0.5) is 5.69 Å². The lowest BCUT2D eigenvalue weighted by Gasteiger charge is -2.38. The maximum atomic E-state index is 9.63. The predicted molar refractivity (Wildman–Crippen MR) is 151 cm³/mol. The van der Waals surface area contributed by atoms with Crippen molar-refractivity contribution in [3.8, 4) is 0 Å². The summed E-state index contributed by atoms with van der Waals surface area (Å²) in [4.78, 5) is 4.89. The Balaban J connectivity index is 1.97. The van der Waals surface area contributed by atoms with Gasteiger partial charge in [0.15, 0.2) is 0 Å². The number of hydrogen-bond acceptors (Lipinski definition) is 4.